The van der Waals surface area contributed by atoms with Crippen molar-refractivity contribution in [3.05, 3.63) is 150 Å². The third-order valence-corrected chi connectivity index (χ3v) is 9.06. The second kappa shape index (κ2) is 18.4. The van der Waals surface area contributed by atoms with Crippen LogP contribution in [0.15, 0.2) is 122 Å². The van der Waals surface area contributed by atoms with Gasteiger partial charge in [0.2, 0.25) is 0 Å². The molecule has 4 aromatic rings. The number of benzene rings is 4. The van der Waals surface area contributed by atoms with E-state index < -0.39 is 11.7 Å². The Balaban J connectivity index is 1.43. The Labute approximate surface area is 287 Å². The van der Waals surface area contributed by atoms with Crippen molar-refractivity contribution in [2.45, 2.75) is 95.2 Å². The Bertz CT molecular complexity index is 1490. The summed E-state index contributed by atoms with van der Waals surface area (Å²) in [5.41, 5.74) is 3.68. The van der Waals surface area contributed by atoms with Crippen LogP contribution >= 0.6 is 0 Å². The summed E-state index contributed by atoms with van der Waals surface area (Å²) in [6.45, 7) is 7.04. The number of aliphatic hydroxyl groups excluding tert-OH is 1. The van der Waals surface area contributed by atoms with Gasteiger partial charge in [-0.25, -0.2) is 0 Å². The molecule has 0 amide bonds. The van der Waals surface area contributed by atoms with Crippen LogP contribution in [0.3, 0.4) is 0 Å². The zero-order chi connectivity index (χ0) is 33.4. The third-order valence-electron chi connectivity index (χ3n) is 9.06. The predicted molar refractivity (Wildman–Crippen MR) is 195 cm³/mol. The van der Waals surface area contributed by atoms with E-state index in [-0.39, 0.29) is 12.4 Å². The predicted octanol–water partition coefficient (Wildman–Crippen LogP) is 10.1. The molecule has 2 unspecified atom stereocenters. The van der Waals surface area contributed by atoms with Gasteiger partial charge < -0.3 is 19.3 Å². The van der Waals surface area contributed by atoms with Gasteiger partial charge in [-0.05, 0) is 50.2 Å². The molecule has 0 aromatic heterocycles. The van der Waals surface area contributed by atoms with Gasteiger partial charge in [0.25, 0.3) is 0 Å². The highest BCUT2D eigenvalue weighted by atomic mass is 16.7. The molecule has 1 heterocycles. The van der Waals surface area contributed by atoms with Crippen LogP contribution in [0.5, 0.6) is 5.75 Å². The Morgan fingerprint density at radius 2 is 1.50 bits per heavy atom. The molecule has 0 bridgehead atoms. The highest BCUT2D eigenvalue weighted by Gasteiger charge is 2.39. The highest BCUT2D eigenvalue weighted by molar-refractivity contribution is 5.52. The maximum atomic E-state index is 11.5. The van der Waals surface area contributed by atoms with E-state index in [0.717, 1.165) is 72.9 Å². The molecule has 0 aliphatic carbocycles. The second-order valence-electron chi connectivity index (χ2n) is 12.5. The van der Waals surface area contributed by atoms with E-state index >= 15 is 0 Å². The summed E-state index contributed by atoms with van der Waals surface area (Å²) in [7, 11) is 0. The van der Waals surface area contributed by atoms with Gasteiger partial charge in [-0.3, -0.25) is 0 Å². The fraction of sp³-hybridized carbons (Fsp3) is 0.364. The van der Waals surface area contributed by atoms with Crippen LogP contribution in [0.4, 0.5) is 0 Å². The largest absolute Gasteiger partial charge is 0.473 e. The average Bonchev–Trinajstić information content (AvgIpc) is 3.14. The molecule has 1 aliphatic heterocycles. The summed E-state index contributed by atoms with van der Waals surface area (Å²) in [6.07, 6.45) is 10.6. The first-order chi connectivity index (χ1) is 23.7. The van der Waals surface area contributed by atoms with Gasteiger partial charge in [-0.15, -0.1) is 12.5 Å². The van der Waals surface area contributed by atoms with Crippen molar-refractivity contribution in [1.29, 1.82) is 0 Å². The minimum atomic E-state index is -0.968. The molecule has 1 fully saturated rings. The summed E-state index contributed by atoms with van der Waals surface area (Å²) < 4.78 is 19.5. The molecule has 48 heavy (non-hydrogen) atoms. The van der Waals surface area contributed by atoms with Crippen molar-refractivity contribution >= 4 is 0 Å². The van der Waals surface area contributed by atoms with E-state index in [1.54, 1.807) is 0 Å². The lowest BCUT2D eigenvalue weighted by Crippen LogP contribution is -2.36. The smallest absolute Gasteiger partial charge is 0.184 e. The van der Waals surface area contributed by atoms with Gasteiger partial charge in [0.1, 0.15) is 11.9 Å². The SMILES string of the molecule is C=CCc1c(OC(c2ccccc2)(c2ccccc2)c2ccccc2)cccc1C(O)C#CCC[C@@H](CCCCC)OC1CCCCO1. The van der Waals surface area contributed by atoms with Crippen LogP contribution in [0.1, 0.15) is 98.6 Å². The van der Waals surface area contributed by atoms with Gasteiger partial charge in [0, 0.05) is 35.3 Å². The van der Waals surface area contributed by atoms with Crippen LogP contribution in [-0.2, 0) is 21.5 Å². The van der Waals surface area contributed by atoms with Crippen molar-refractivity contribution in [2.75, 3.05) is 6.61 Å². The molecule has 4 nitrogen and oxygen atoms in total. The number of hydrogen-bond acceptors (Lipinski definition) is 4. The number of hydrogen-bond donors (Lipinski definition) is 1. The van der Waals surface area contributed by atoms with Crippen molar-refractivity contribution < 1.29 is 19.3 Å². The summed E-state index contributed by atoms with van der Waals surface area (Å²) in [5, 5.41) is 11.5. The van der Waals surface area contributed by atoms with Crippen LogP contribution in [0.2, 0.25) is 0 Å². The first-order valence-electron chi connectivity index (χ1n) is 17.7. The van der Waals surface area contributed by atoms with Crippen molar-refractivity contribution in [3.8, 4) is 17.6 Å². The molecule has 1 saturated heterocycles. The topological polar surface area (TPSA) is 47.9 Å². The Kier molecular flexibility index (Phi) is 13.5. The number of allylic oxidation sites excluding steroid dienone is 1. The molecule has 4 aromatic carbocycles. The Morgan fingerprint density at radius 3 is 2.06 bits per heavy atom. The molecule has 3 atom stereocenters. The minimum Gasteiger partial charge on any atom is -0.473 e. The summed E-state index contributed by atoms with van der Waals surface area (Å²) in [6, 6.07) is 36.8. The molecular weight excluding hydrogens is 592 g/mol. The molecule has 250 valence electrons. The summed E-state index contributed by atoms with van der Waals surface area (Å²) in [5.74, 6) is 7.09. The lowest BCUT2D eigenvalue weighted by Gasteiger charge is -2.37. The van der Waals surface area contributed by atoms with Gasteiger partial charge in [0.05, 0.1) is 6.10 Å². The van der Waals surface area contributed by atoms with Crippen molar-refractivity contribution in [2.24, 2.45) is 0 Å². The highest BCUT2D eigenvalue weighted by Crippen LogP contribution is 2.43. The zero-order valence-electron chi connectivity index (χ0n) is 28.4. The average molecular weight is 643 g/mol. The van der Waals surface area contributed by atoms with E-state index in [2.05, 4.69) is 61.7 Å². The quantitative estimate of drug-likeness (QED) is 0.0572. The Morgan fingerprint density at radius 1 is 0.854 bits per heavy atom. The molecule has 0 spiro atoms. The molecule has 5 rings (SSSR count). The Hall–Kier alpha value is -4.14. The van der Waals surface area contributed by atoms with E-state index in [0.29, 0.717) is 18.6 Å². The minimum absolute atomic E-state index is 0.108. The maximum absolute atomic E-state index is 11.5. The van der Waals surface area contributed by atoms with E-state index in [1.807, 2.05) is 78.9 Å². The van der Waals surface area contributed by atoms with Crippen LogP contribution in [0.25, 0.3) is 0 Å². The molecule has 1 aliphatic rings. The second-order valence-corrected chi connectivity index (χ2v) is 12.5. The van der Waals surface area contributed by atoms with Crippen LogP contribution < -0.4 is 4.74 Å². The lowest BCUT2D eigenvalue weighted by atomic mass is 9.80. The van der Waals surface area contributed by atoms with Crippen LogP contribution in [0, 0.1) is 11.8 Å². The number of ether oxygens (including phenoxy) is 3. The number of unbranched alkanes of at least 4 members (excludes halogenated alkanes) is 2. The first kappa shape index (κ1) is 35.2. The van der Waals surface area contributed by atoms with Crippen molar-refractivity contribution in [3.63, 3.8) is 0 Å². The molecule has 1 N–H and O–H groups in total. The van der Waals surface area contributed by atoms with E-state index in [9.17, 15) is 5.11 Å². The fourth-order valence-electron chi connectivity index (χ4n) is 6.57. The van der Waals surface area contributed by atoms with E-state index in [4.69, 9.17) is 14.2 Å². The molecule has 0 saturated carbocycles. The monoisotopic (exact) mass is 642 g/mol. The maximum Gasteiger partial charge on any atom is 0.184 e. The molecule has 0 radical (unpaired) electrons. The third kappa shape index (κ3) is 9.05. The number of aliphatic hydroxyl groups is 1. The van der Waals surface area contributed by atoms with Gasteiger partial charge >= 0.3 is 0 Å². The van der Waals surface area contributed by atoms with Gasteiger partial charge in [0.15, 0.2) is 11.9 Å². The van der Waals surface area contributed by atoms with Crippen molar-refractivity contribution in [1.82, 2.24) is 0 Å². The summed E-state index contributed by atoms with van der Waals surface area (Å²) in [4.78, 5) is 0. The van der Waals surface area contributed by atoms with E-state index in [1.165, 1.54) is 12.8 Å². The zero-order valence-corrected chi connectivity index (χ0v) is 28.4. The number of rotatable bonds is 16. The normalized spacial score (nSPS) is 15.9. The van der Waals surface area contributed by atoms with Gasteiger partial charge in [-0.1, -0.05) is 141 Å². The standard InChI is InChI=1S/C44H50O4/c1-3-5-9-28-38(47-43-33-18-19-34-46-43)29-16-17-31-41(45)39-30-20-32-42(40(39)21-4-2)48-44(35-22-10-6-11-23-35,36-24-12-7-13-25-36)37-26-14-8-15-27-37/h4,6-8,10-15,20,22-27,30,32,38,41,43,45H,2-3,5,9,16,18-19,21,28-29,33-34H2,1H3/t38-,41?,43?/m1/s1. The summed E-state index contributed by atoms with van der Waals surface area (Å²) >= 11 is 0. The molecule has 4 heteroatoms. The van der Waals surface area contributed by atoms with Gasteiger partial charge in [-0.2, -0.15) is 0 Å². The molecular formula is C44H50O4. The fourth-order valence-corrected chi connectivity index (χ4v) is 6.57. The van der Waals surface area contributed by atoms with Crippen LogP contribution in [-0.4, -0.2) is 24.1 Å². The first-order valence-corrected chi connectivity index (χ1v) is 17.7. The lowest BCUT2D eigenvalue weighted by molar-refractivity contribution is -0.190.